The highest BCUT2D eigenvalue weighted by molar-refractivity contribution is 9.10. The minimum Gasteiger partial charge on any atom is -0.457 e. The van der Waals surface area contributed by atoms with Crippen molar-refractivity contribution >= 4 is 54.5 Å². The van der Waals surface area contributed by atoms with Gasteiger partial charge in [0.25, 0.3) is 0 Å². The van der Waals surface area contributed by atoms with E-state index in [2.05, 4.69) is 15.9 Å². The first-order valence-electron chi connectivity index (χ1n) is 7.37. The molecule has 3 aromatic rings. The van der Waals surface area contributed by atoms with Crippen molar-refractivity contribution < 1.29 is 22.4 Å². The van der Waals surface area contributed by atoms with Crippen molar-refractivity contribution in [1.82, 2.24) is 0 Å². The van der Waals surface area contributed by atoms with Gasteiger partial charge >= 0.3 is 11.6 Å². The summed E-state index contributed by atoms with van der Waals surface area (Å²) >= 11 is 9.08. The van der Waals surface area contributed by atoms with E-state index in [1.807, 2.05) is 0 Å². The van der Waals surface area contributed by atoms with Gasteiger partial charge in [-0.1, -0.05) is 27.5 Å². The number of halogens is 2. The zero-order valence-corrected chi connectivity index (χ0v) is 16.6. The predicted molar refractivity (Wildman–Crippen MR) is 102 cm³/mol. The highest BCUT2D eigenvalue weighted by atomic mass is 79.9. The Morgan fingerprint density at radius 2 is 1.93 bits per heavy atom. The molecule has 27 heavy (non-hydrogen) atoms. The monoisotopic (exact) mass is 471 g/mol. The first-order valence-corrected chi connectivity index (χ1v) is 10.1. The molecule has 2 aromatic carbocycles. The molecule has 0 radical (unpaired) electrons. The zero-order chi connectivity index (χ0) is 19.8. The molecule has 0 fully saturated rings. The Labute approximate surface area is 166 Å². The molecule has 0 aliphatic rings. The molecule has 2 N–H and O–H groups in total. The van der Waals surface area contributed by atoms with Crippen LogP contribution >= 0.6 is 27.5 Å². The Kier molecular flexibility index (Phi) is 5.38. The van der Waals surface area contributed by atoms with Crippen molar-refractivity contribution in [3.8, 4) is 0 Å². The van der Waals surface area contributed by atoms with Crippen molar-refractivity contribution in [1.29, 1.82) is 0 Å². The van der Waals surface area contributed by atoms with Crippen molar-refractivity contribution in [3.05, 3.63) is 73.5 Å². The van der Waals surface area contributed by atoms with Crippen LogP contribution in [-0.4, -0.2) is 14.4 Å². The summed E-state index contributed by atoms with van der Waals surface area (Å²) < 4.78 is 34.1. The summed E-state index contributed by atoms with van der Waals surface area (Å²) in [6, 6.07) is 9.91. The second-order valence-electron chi connectivity index (χ2n) is 5.50. The van der Waals surface area contributed by atoms with E-state index in [0.29, 0.717) is 16.5 Å². The summed E-state index contributed by atoms with van der Waals surface area (Å²) in [6.07, 6.45) is 0. The molecular formula is C17H11BrClNO6S. The Morgan fingerprint density at radius 1 is 1.19 bits per heavy atom. The molecule has 0 aliphatic heterocycles. The van der Waals surface area contributed by atoms with Gasteiger partial charge in [0.15, 0.2) is 0 Å². The molecular weight excluding hydrogens is 462 g/mol. The first kappa shape index (κ1) is 19.6. The fraction of sp³-hybridized carbons (Fsp3) is 0.0588. The number of hydrogen-bond acceptors (Lipinski definition) is 6. The topological polar surface area (TPSA) is 117 Å². The third kappa shape index (κ3) is 4.38. The fourth-order valence-electron chi connectivity index (χ4n) is 2.40. The molecule has 140 valence electrons. The normalized spacial score (nSPS) is 11.5. The van der Waals surface area contributed by atoms with Gasteiger partial charge in [-0.25, -0.2) is 23.1 Å². The minimum atomic E-state index is -4.09. The maximum atomic E-state index is 12.3. The second kappa shape index (κ2) is 7.43. The van der Waals surface area contributed by atoms with Gasteiger partial charge in [-0.3, -0.25) is 0 Å². The molecule has 0 saturated heterocycles. The highest BCUT2D eigenvalue weighted by Crippen LogP contribution is 2.24. The lowest BCUT2D eigenvalue weighted by atomic mass is 10.1. The molecule has 0 amide bonds. The van der Waals surface area contributed by atoms with Crippen molar-refractivity contribution in [2.24, 2.45) is 5.14 Å². The Bertz CT molecular complexity index is 1220. The lowest BCUT2D eigenvalue weighted by Crippen LogP contribution is -2.14. The number of sulfonamides is 1. The van der Waals surface area contributed by atoms with Crippen LogP contribution in [0, 0.1) is 0 Å². The lowest BCUT2D eigenvalue weighted by Gasteiger charge is -2.09. The molecule has 1 aromatic heterocycles. The van der Waals surface area contributed by atoms with E-state index in [9.17, 15) is 18.0 Å². The number of nitrogens with two attached hydrogens (primary N) is 1. The molecule has 3 rings (SSSR count). The van der Waals surface area contributed by atoms with Gasteiger partial charge in [-0.05, 0) is 36.4 Å². The molecule has 0 bridgehead atoms. The highest BCUT2D eigenvalue weighted by Gasteiger charge is 2.17. The number of benzene rings is 2. The van der Waals surface area contributed by atoms with Crippen LogP contribution in [0.5, 0.6) is 0 Å². The molecule has 0 atom stereocenters. The van der Waals surface area contributed by atoms with Crippen LogP contribution in [0.2, 0.25) is 5.02 Å². The summed E-state index contributed by atoms with van der Waals surface area (Å²) in [7, 11) is -4.09. The van der Waals surface area contributed by atoms with Crippen molar-refractivity contribution in [2.45, 2.75) is 11.5 Å². The third-order valence-electron chi connectivity index (χ3n) is 3.62. The van der Waals surface area contributed by atoms with Gasteiger partial charge < -0.3 is 9.15 Å². The van der Waals surface area contributed by atoms with Gasteiger partial charge in [0, 0.05) is 21.5 Å². The van der Waals surface area contributed by atoms with Crippen LogP contribution in [-0.2, 0) is 21.4 Å². The Hall–Kier alpha value is -2.20. The van der Waals surface area contributed by atoms with E-state index in [1.165, 1.54) is 18.2 Å². The number of carbonyl (C=O) groups is 1. The smallest absolute Gasteiger partial charge is 0.338 e. The summed E-state index contributed by atoms with van der Waals surface area (Å²) in [5.41, 5.74) is 0.154. The quantitative estimate of drug-likeness (QED) is 0.460. The second-order valence-corrected chi connectivity index (χ2v) is 8.35. The largest absolute Gasteiger partial charge is 0.457 e. The van der Waals surface area contributed by atoms with Crippen LogP contribution in [0.3, 0.4) is 0 Å². The van der Waals surface area contributed by atoms with Crippen molar-refractivity contribution in [3.63, 3.8) is 0 Å². The number of carbonyl (C=O) groups excluding carboxylic acids is 1. The van der Waals surface area contributed by atoms with Gasteiger partial charge in [0.1, 0.15) is 17.1 Å². The Balaban J connectivity index is 1.89. The van der Waals surface area contributed by atoms with Crippen molar-refractivity contribution in [2.75, 3.05) is 0 Å². The van der Waals surface area contributed by atoms with Crippen LogP contribution < -0.4 is 10.8 Å². The first-order chi connectivity index (χ1) is 12.6. The fourth-order valence-corrected chi connectivity index (χ4v) is 3.81. The number of primary sulfonamides is 1. The number of rotatable bonds is 4. The maximum absolute atomic E-state index is 12.3. The average molecular weight is 473 g/mol. The van der Waals surface area contributed by atoms with Crippen LogP contribution in [0.25, 0.3) is 11.0 Å². The average Bonchev–Trinajstić information content (AvgIpc) is 2.58. The maximum Gasteiger partial charge on any atom is 0.338 e. The van der Waals surface area contributed by atoms with Gasteiger partial charge in [0.2, 0.25) is 10.0 Å². The number of fused-ring (bicyclic) bond motifs is 1. The van der Waals surface area contributed by atoms with Gasteiger partial charge in [-0.15, -0.1) is 0 Å². The molecule has 0 saturated carbocycles. The SMILES string of the molecule is NS(=O)(=O)c1cc(C(=O)OCc2cc(=O)oc3cc(Br)ccc23)ccc1Cl. The van der Waals surface area contributed by atoms with E-state index in [-0.39, 0.29) is 22.1 Å². The van der Waals surface area contributed by atoms with Crippen LogP contribution in [0.4, 0.5) is 0 Å². The van der Waals surface area contributed by atoms with Gasteiger partial charge in [0.05, 0.1) is 10.6 Å². The number of hydrogen-bond donors (Lipinski definition) is 1. The lowest BCUT2D eigenvalue weighted by molar-refractivity contribution is 0.0473. The summed E-state index contributed by atoms with van der Waals surface area (Å²) in [6.45, 7) is -0.212. The number of esters is 1. The van der Waals surface area contributed by atoms with E-state index >= 15 is 0 Å². The van der Waals surface area contributed by atoms with Crippen LogP contribution in [0.15, 0.2) is 61.0 Å². The zero-order valence-electron chi connectivity index (χ0n) is 13.4. The summed E-state index contributed by atoms with van der Waals surface area (Å²) in [5.74, 6) is -0.796. The van der Waals surface area contributed by atoms with Crippen LogP contribution in [0.1, 0.15) is 15.9 Å². The minimum absolute atomic E-state index is 0.0431. The third-order valence-corrected chi connectivity index (χ3v) is 5.51. The number of ether oxygens (including phenoxy) is 1. The van der Waals surface area contributed by atoms with E-state index in [1.54, 1.807) is 18.2 Å². The summed E-state index contributed by atoms with van der Waals surface area (Å²) in [5, 5.41) is 5.57. The summed E-state index contributed by atoms with van der Waals surface area (Å²) in [4.78, 5) is 23.6. The predicted octanol–water partition coefficient (Wildman–Crippen LogP) is 3.21. The molecule has 0 spiro atoms. The van der Waals surface area contributed by atoms with E-state index in [4.69, 9.17) is 25.9 Å². The van der Waals surface area contributed by atoms with E-state index in [0.717, 1.165) is 10.5 Å². The Morgan fingerprint density at radius 3 is 2.63 bits per heavy atom. The van der Waals surface area contributed by atoms with E-state index < -0.39 is 21.6 Å². The van der Waals surface area contributed by atoms with Gasteiger partial charge in [-0.2, -0.15) is 0 Å². The molecule has 1 heterocycles. The standard InChI is InChI=1S/C17H11BrClNO6S/c18-11-2-3-12-10(6-16(21)26-14(12)7-11)8-25-17(22)9-1-4-13(19)15(5-9)27(20,23)24/h1-7H,8H2,(H2,20,23,24). The molecule has 0 unspecified atom stereocenters. The molecule has 0 aliphatic carbocycles. The molecule has 7 nitrogen and oxygen atoms in total. The molecule has 10 heteroatoms.